The van der Waals surface area contributed by atoms with Gasteiger partial charge in [0.15, 0.2) is 0 Å². The molecule has 1 N–H and O–H groups in total. The zero-order chi connectivity index (χ0) is 12.0. The molecule has 1 aromatic rings. The van der Waals surface area contributed by atoms with E-state index in [1.54, 1.807) is 31.2 Å². The zero-order valence-corrected chi connectivity index (χ0v) is 9.01. The number of carbonyl (C=O) groups is 1. The molecule has 0 aliphatic heterocycles. The lowest BCUT2D eigenvalue weighted by Gasteiger charge is -2.12. The second kappa shape index (κ2) is 5.76. The van der Waals surface area contributed by atoms with Crippen LogP contribution in [-0.4, -0.2) is 17.2 Å². The van der Waals surface area contributed by atoms with Gasteiger partial charge in [0.1, 0.15) is 11.9 Å². The fourth-order valence-corrected chi connectivity index (χ4v) is 1.30. The molecule has 4 heteroatoms. The van der Waals surface area contributed by atoms with Crippen molar-refractivity contribution in [2.24, 2.45) is 0 Å². The SMILES string of the molecule is CC(CC(=O)O)Oc1ccc(CC#N)cc1. The smallest absolute Gasteiger partial charge is 0.307 e. The predicted octanol–water partition coefficient (Wildman–Crippen LogP) is 1.99. The van der Waals surface area contributed by atoms with Crippen molar-refractivity contribution in [1.82, 2.24) is 0 Å². The van der Waals surface area contributed by atoms with E-state index in [9.17, 15) is 4.79 Å². The van der Waals surface area contributed by atoms with Gasteiger partial charge in [-0.3, -0.25) is 4.79 Å². The number of carboxylic acid groups (broad SMARTS) is 1. The Hall–Kier alpha value is -2.02. The number of benzene rings is 1. The first-order chi connectivity index (χ1) is 7.61. The summed E-state index contributed by atoms with van der Waals surface area (Å²) in [4.78, 5) is 10.4. The maximum atomic E-state index is 10.4. The van der Waals surface area contributed by atoms with Crippen molar-refractivity contribution in [3.05, 3.63) is 29.8 Å². The van der Waals surface area contributed by atoms with Gasteiger partial charge in [0.2, 0.25) is 0 Å². The van der Waals surface area contributed by atoms with Crippen molar-refractivity contribution >= 4 is 5.97 Å². The van der Waals surface area contributed by atoms with E-state index in [4.69, 9.17) is 15.1 Å². The Morgan fingerprint density at radius 3 is 2.62 bits per heavy atom. The highest BCUT2D eigenvalue weighted by Gasteiger charge is 2.08. The van der Waals surface area contributed by atoms with E-state index < -0.39 is 5.97 Å². The Labute approximate surface area is 94.1 Å². The van der Waals surface area contributed by atoms with Crippen molar-refractivity contribution in [2.45, 2.75) is 25.9 Å². The number of ether oxygens (including phenoxy) is 1. The van der Waals surface area contributed by atoms with Crippen LogP contribution in [0.4, 0.5) is 0 Å². The monoisotopic (exact) mass is 219 g/mol. The van der Waals surface area contributed by atoms with Crippen LogP contribution in [-0.2, 0) is 11.2 Å². The lowest BCUT2D eigenvalue weighted by atomic mass is 10.1. The summed E-state index contributed by atoms with van der Waals surface area (Å²) in [5.41, 5.74) is 0.917. The molecule has 1 rings (SSSR count). The highest BCUT2D eigenvalue weighted by molar-refractivity contribution is 5.67. The number of nitriles is 1. The van der Waals surface area contributed by atoms with Gasteiger partial charge in [0.05, 0.1) is 18.9 Å². The first-order valence-corrected chi connectivity index (χ1v) is 4.96. The minimum atomic E-state index is -0.881. The van der Waals surface area contributed by atoms with Crippen molar-refractivity contribution in [3.63, 3.8) is 0 Å². The van der Waals surface area contributed by atoms with E-state index in [1.165, 1.54) is 0 Å². The molecule has 0 bridgehead atoms. The van der Waals surface area contributed by atoms with E-state index in [0.717, 1.165) is 5.56 Å². The largest absolute Gasteiger partial charge is 0.490 e. The number of aliphatic carboxylic acids is 1. The molecule has 1 atom stereocenters. The number of rotatable bonds is 5. The van der Waals surface area contributed by atoms with Crippen molar-refractivity contribution in [1.29, 1.82) is 5.26 Å². The molecule has 0 spiro atoms. The Kier molecular flexibility index (Phi) is 4.34. The molecule has 0 fully saturated rings. The van der Waals surface area contributed by atoms with Gasteiger partial charge in [-0.1, -0.05) is 12.1 Å². The Morgan fingerprint density at radius 1 is 1.50 bits per heavy atom. The van der Waals surface area contributed by atoms with E-state index in [-0.39, 0.29) is 12.5 Å². The summed E-state index contributed by atoms with van der Waals surface area (Å²) in [7, 11) is 0. The summed E-state index contributed by atoms with van der Waals surface area (Å²) in [6.45, 7) is 1.71. The van der Waals surface area contributed by atoms with Gasteiger partial charge in [-0.05, 0) is 24.6 Å². The van der Waals surface area contributed by atoms with Crippen LogP contribution in [0.1, 0.15) is 18.9 Å². The van der Waals surface area contributed by atoms with Crippen molar-refractivity contribution in [3.8, 4) is 11.8 Å². The van der Waals surface area contributed by atoms with E-state index in [1.807, 2.05) is 0 Å². The van der Waals surface area contributed by atoms with Gasteiger partial charge in [0.25, 0.3) is 0 Å². The molecule has 0 aliphatic rings. The number of nitrogens with zero attached hydrogens (tertiary/aromatic N) is 1. The summed E-state index contributed by atoms with van der Waals surface area (Å²) in [6.07, 6.45) is -0.0235. The van der Waals surface area contributed by atoms with Crippen LogP contribution < -0.4 is 4.74 Å². The van der Waals surface area contributed by atoms with Crippen LogP contribution in [0.3, 0.4) is 0 Å². The lowest BCUT2D eigenvalue weighted by molar-refractivity contribution is -0.138. The number of hydrogen-bond donors (Lipinski definition) is 1. The van der Waals surface area contributed by atoms with Gasteiger partial charge in [0, 0.05) is 0 Å². The second-order valence-corrected chi connectivity index (χ2v) is 3.51. The minimum absolute atomic E-state index is 0.0278. The molecular formula is C12H13NO3. The molecule has 0 aliphatic carbocycles. The van der Waals surface area contributed by atoms with Crippen molar-refractivity contribution < 1.29 is 14.6 Å². The Bertz CT molecular complexity index is 392. The lowest BCUT2D eigenvalue weighted by Crippen LogP contribution is -2.16. The van der Waals surface area contributed by atoms with Gasteiger partial charge in [-0.15, -0.1) is 0 Å². The van der Waals surface area contributed by atoms with Crippen LogP contribution in [0.2, 0.25) is 0 Å². The third-order valence-electron chi connectivity index (χ3n) is 2.01. The van der Waals surface area contributed by atoms with E-state index in [0.29, 0.717) is 12.2 Å². The third kappa shape index (κ3) is 4.01. The standard InChI is InChI=1S/C12H13NO3/c1-9(8-12(14)15)16-11-4-2-10(3-5-11)6-7-13/h2-5,9H,6,8H2,1H3,(H,14,15). The zero-order valence-electron chi connectivity index (χ0n) is 9.01. The molecule has 0 saturated carbocycles. The average Bonchev–Trinajstić information content (AvgIpc) is 2.20. The highest BCUT2D eigenvalue weighted by atomic mass is 16.5. The number of carboxylic acids is 1. The van der Waals surface area contributed by atoms with Gasteiger partial charge < -0.3 is 9.84 Å². The molecule has 84 valence electrons. The van der Waals surface area contributed by atoms with E-state index in [2.05, 4.69) is 6.07 Å². The van der Waals surface area contributed by atoms with E-state index >= 15 is 0 Å². The summed E-state index contributed by atoms with van der Waals surface area (Å²) < 4.78 is 5.39. The second-order valence-electron chi connectivity index (χ2n) is 3.51. The maximum absolute atomic E-state index is 10.4. The van der Waals surface area contributed by atoms with Crippen LogP contribution in [0, 0.1) is 11.3 Å². The highest BCUT2D eigenvalue weighted by Crippen LogP contribution is 2.15. The van der Waals surface area contributed by atoms with Gasteiger partial charge in [-0.25, -0.2) is 0 Å². The number of hydrogen-bond acceptors (Lipinski definition) is 3. The van der Waals surface area contributed by atoms with Crippen LogP contribution in [0.5, 0.6) is 5.75 Å². The molecule has 1 unspecified atom stereocenters. The minimum Gasteiger partial charge on any atom is -0.490 e. The average molecular weight is 219 g/mol. The normalized spacial score (nSPS) is 11.5. The fourth-order valence-electron chi connectivity index (χ4n) is 1.30. The molecule has 0 amide bonds. The molecule has 16 heavy (non-hydrogen) atoms. The summed E-state index contributed by atoms with van der Waals surface area (Å²) in [5.74, 6) is -0.260. The molecule has 0 saturated heterocycles. The van der Waals surface area contributed by atoms with Gasteiger partial charge in [-0.2, -0.15) is 5.26 Å². The third-order valence-corrected chi connectivity index (χ3v) is 2.01. The molecule has 0 aromatic heterocycles. The topological polar surface area (TPSA) is 70.3 Å². The van der Waals surface area contributed by atoms with Crippen LogP contribution in [0.25, 0.3) is 0 Å². The molecule has 4 nitrogen and oxygen atoms in total. The maximum Gasteiger partial charge on any atom is 0.307 e. The molecular weight excluding hydrogens is 206 g/mol. The molecule has 0 radical (unpaired) electrons. The fraction of sp³-hybridized carbons (Fsp3) is 0.333. The summed E-state index contributed by atoms with van der Waals surface area (Å²) in [6, 6.07) is 9.13. The Morgan fingerprint density at radius 2 is 2.12 bits per heavy atom. The van der Waals surface area contributed by atoms with Crippen LogP contribution in [0.15, 0.2) is 24.3 Å². The van der Waals surface area contributed by atoms with Crippen molar-refractivity contribution in [2.75, 3.05) is 0 Å². The first-order valence-electron chi connectivity index (χ1n) is 4.96. The summed E-state index contributed by atoms with van der Waals surface area (Å²) >= 11 is 0. The van der Waals surface area contributed by atoms with Gasteiger partial charge >= 0.3 is 5.97 Å². The summed E-state index contributed by atoms with van der Waals surface area (Å²) in [5, 5.41) is 17.0. The molecule has 0 heterocycles. The molecule has 1 aromatic carbocycles. The quantitative estimate of drug-likeness (QED) is 0.822. The Balaban J connectivity index is 2.55. The van der Waals surface area contributed by atoms with Crippen LogP contribution >= 0.6 is 0 Å². The predicted molar refractivity (Wildman–Crippen MR) is 58.1 cm³/mol. The first kappa shape index (κ1) is 12.1.